The Balaban J connectivity index is 1.88. The molecule has 3 aromatic rings. The molecule has 29 heavy (non-hydrogen) atoms. The van der Waals surface area contributed by atoms with Crippen molar-refractivity contribution >= 4 is 23.5 Å². The maximum atomic E-state index is 12.6. The third-order valence-corrected chi connectivity index (χ3v) is 4.47. The van der Waals surface area contributed by atoms with Gasteiger partial charge in [0.05, 0.1) is 12.1 Å². The van der Waals surface area contributed by atoms with Crippen LogP contribution < -0.4 is 9.47 Å². The Morgan fingerprint density at radius 2 is 1.72 bits per heavy atom. The smallest absolute Gasteiger partial charge is 0.203 e. The Hall–Kier alpha value is -3.55. The van der Waals surface area contributed by atoms with Gasteiger partial charge in [-0.1, -0.05) is 72.3 Å². The largest absolute Gasteiger partial charge is 0.493 e. The number of carbonyl (C=O) groups is 1. The number of ketones is 1. The lowest BCUT2D eigenvalue weighted by molar-refractivity contribution is 0.104. The standard InChI is InChI=1S/C24H18ClNO3/c1-28-22-14-18(12-20(15-26)23(27)19-10-6-3-7-11-19)13-21(25)24(22)29-16-17-8-4-2-5-9-17/h2-14H,16H2,1H3/b20-12+. The van der Waals surface area contributed by atoms with Gasteiger partial charge in [0.25, 0.3) is 0 Å². The quantitative estimate of drug-likeness (QED) is 0.287. The van der Waals surface area contributed by atoms with Crippen molar-refractivity contribution in [1.82, 2.24) is 0 Å². The zero-order chi connectivity index (χ0) is 20.6. The van der Waals surface area contributed by atoms with E-state index in [1.807, 2.05) is 42.5 Å². The molecule has 0 saturated heterocycles. The highest BCUT2D eigenvalue weighted by Gasteiger charge is 2.15. The van der Waals surface area contributed by atoms with Gasteiger partial charge in [-0.25, -0.2) is 0 Å². The minimum Gasteiger partial charge on any atom is -0.493 e. The molecule has 0 aliphatic carbocycles. The first-order valence-corrected chi connectivity index (χ1v) is 9.26. The van der Waals surface area contributed by atoms with Gasteiger partial charge in [0.1, 0.15) is 18.2 Å². The molecule has 4 nitrogen and oxygen atoms in total. The summed E-state index contributed by atoms with van der Waals surface area (Å²) in [5.41, 5.74) is 2.02. The second kappa shape index (κ2) is 9.59. The molecule has 0 bridgehead atoms. The molecule has 0 saturated carbocycles. The minimum atomic E-state index is -0.354. The number of hydrogen-bond acceptors (Lipinski definition) is 4. The number of halogens is 1. The Bertz CT molecular complexity index is 1070. The second-order valence-electron chi connectivity index (χ2n) is 6.17. The van der Waals surface area contributed by atoms with Crippen LogP contribution in [0, 0.1) is 11.3 Å². The van der Waals surface area contributed by atoms with Gasteiger partial charge in [-0.05, 0) is 29.3 Å². The van der Waals surface area contributed by atoms with E-state index in [4.69, 9.17) is 21.1 Å². The van der Waals surface area contributed by atoms with Gasteiger partial charge in [-0.15, -0.1) is 0 Å². The van der Waals surface area contributed by atoms with Crippen molar-refractivity contribution in [2.75, 3.05) is 7.11 Å². The van der Waals surface area contributed by atoms with E-state index in [0.717, 1.165) is 5.56 Å². The number of ether oxygens (including phenoxy) is 2. The maximum absolute atomic E-state index is 12.6. The molecular formula is C24H18ClNO3. The van der Waals surface area contributed by atoms with Crippen molar-refractivity contribution in [1.29, 1.82) is 5.26 Å². The van der Waals surface area contributed by atoms with E-state index in [-0.39, 0.29) is 11.4 Å². The molecule has 3 rings (SSSR count). The predicted molar refractivity (Wildman–Crippen MR) is 113 cm³/mol. The molecular weight excluding hydrogens is 386 g/mol. The fraction of sp³-hybridized carbons (Fsp3) is 0.0833. The number of nitrogens with zero attached hydrogens (tertiary/aromatic N) is 1. The van der Waals surface area contributed by atoms with Crippen LogP contribution in [0.15, 0.2) is 78.4 Å². The van der Waals surface area contributed by atoms with E-state index < -0.39 is 0 Å². The average molecular weight is 404 g/mol. The van der Waals surface area contributed by atoms with E-state index in [1.54, 1.807) is 36.4 Å². The molecule has 0 aromatic heterocycles. The summed E-state index contributed by atoms with van der Waals surface area (Å²) < 4.78 is 11.2. The van der Waals surface area contributed by atoms with E-state index in [2.05, 4.69) is 0 Å². The lowest BCUT2D eigenvalue weighted by Gasteiger charge is -2.13. The molecule has 5 heteroatoms. The summed E-state index contributed by atoms with van der Waals surface area (Å²) >= 11 is 6.40. The van der Waals surface area contributed by atoms with Crippen molar-refractivity contribution in [2.24, 2.45) is 0 Å². The molecule has 0 atom stereocenters. The molecule has 0 unspecified atom stereocenters. The second-order valence-corrected chi connectivity index (χ2v) is 6.58. The molecule has 3 aromatic carbocycles. The molecule has 0 N–H and O–H groups in total. The molecule has 0 heterocycles. The minimum absolute atomic E-state index is 0.00673. The summed E-state index contributed by atoms with van der Waals surface area (Å²) in [6.45, 7) is 0.335. The van der Waals surface area contributed by atoms with Crippen molar-refractivity contribution in [3.05, 3.63) is 100 Å². The van der Waals surface area contributed by atoms with Gasteiger partial charge < -0.3 is 9.47 Å². The van der Waals surface area contributed by atoms with Crippen LogP contribution in [0.3, 0.4) is 0 Å². The fourth-order valence-electron chi connectivity index (χ4n) is 2.75. The van der Waals surface area contributed by atoms with Gasteiger partial charge in [0.15, 0.2) is 11.5 Å². The summed E-state index contributed by atoms with van der Waals surface area (Å²) in [6.07, 6.45) is 1.49. The van der Waals surface area contributed by atoms with Crippen molar-refractivity contribution < 1.29 is 14.3 Å². The van der Waals surface area contributed by atoms with Crippen molar-refractivity contribution in [3.63, 3.8) is 0 Å². The number of methoxy groups -OCH3 is 1. The lowest BCUT2D eigenvalue weighted by Crippen LogP contribution is -2.02. The van der Waals surface area contributed by atoms with Gasteiger partial charge in [-0.2, -0.15) is 5.26 Å². The van der Waals surface area contributed by atoms with Crippen LogP contribution >= 0.6 is 11.6 Å². The highest BCUT2D eigenvalue weighted by Crippen LogP contribution is 2.37. The van der Waals surface area contributed by atoms with Crippen LogP contribution in [0.2, 0.25) is 5.02 Å². The SMILES string of the molecule is COc1cc(/C=C(\C#N)C(=O)c2ccccc2)cc(Cl)c1OCc1ccccc1. The van der Waals surface area contributed by atoms with Crippen LogP contribution in [-0.4, -0.2) is 12.9 Å². The van der Waals surface area contributed by atoms with E-state index in [1.165, 1.54) is 13.2 Å². The first-order chi connectivity index (χ1) is 14.1. The number of hydrogen-bond donors (Lipinski definition) is 0. The summed E-state index contributed by atoms with van der Waals surface area (Å²) in [6, 6.07) is 23.6. The first-order valence-electron chi connectivity index (χ1n) is 8.88. The van der Waals surface area contributed by atoms with Gasteiger partial charge in [0, 0.05) is 5.56 Å². The number of Topliss-reactive ketones (excluding diaryl/α,β-unsaturated/α-hetero) is 1. The number of carbonyl (C=O) groups excluding carboxylic acids is 1. The summed E-state index contributed by atoms with van der Waals surface area (Å²) in [5.74, 6) is 0.472. The van der Waals surface area contributed by atoms with Crippen LogP contribution in [0.4, 0.5) is 0 Å². The Morgan fingerprint density at radius 1 is 1.07 bits per heavy atom. The number of allylic oxidation sites excluding steroid dienone is 1. The Kier molecular flexibility index (Phi) is 6.67. The molecule has 0 aliphatic rings. The highest BCUT2D eigenvalue weighted by atomic mass is 35.5. The molecule has 0 amide bonds. The summed E-state index contributed by atoms with van der Waals surface area (Å²) in [7, 11) is 1.51. The molecule has 0 fully saturated rings. The number of benzene rings is 3. The van der Waals surface area contributed by atoms with E-state index in [9.17, 15) is 10.1 Å². The molecule has 144 valence electrons. The van der Waals surface area contributed by atoms with Gasteiger partial charge in [-0.3, -0.25) is 4.79 Å². The molecule has 0 radical (unpaired) electrons. The number of nitriles is 1. The van der Waals surface area contributed by atoms with E-state index in [0.29, 0.717) is 34.3 Å². The van der Waals surface area contributed by atoms with Crippen LogP contribution in [0.25, 0.3) is 6.08 Å². The lowest BCUT2D eigenvalue weighted by atomic mass is 10.0. The Labute approximate surface area is 174 Å². The molecule has 0 aliphatic heterocycles. The third-order valence-electron chi connectivity index (χ3n) is 4.19. The van der Waals surface area contributed by atoms with Gasteiger partial charge in [0.2, 0.25) is 5.78 Å². The van der Waals surface area contributed by atoms with Crippen LogP contribution in [0.1, 0.15) is 21.5 Å². The van der Waals surface area contributed by atoms with Crippen molar-refractivity contribution in [3.8, 4) is 17.6 Å². The predicted octanol–water partition coefficient (Wildman–Crippen LogP) is 5.72. The number of rotatable bonds is 7. The molecule has 0 spiro atoms. The average Bonchev–Trinajstić information content (AvgIpc) is 2.77. The third kappa shape index (κ3) is 5.04. The first kappa shape index (κ1) is 20.2. The van der Waals surface area contributed by atoms with Crippen molar-refractivity contribution in [2.45, 2.75) is 6.61 Å². The van der Waals surface area contributed by atoms with Crippen LogP contribution in [-0.2, 0) is 6.61 Å². The normalized spacial score (nSPS) is 10.9. The zero-order valence-corrected chi connectivity index (χ0v) is 16.5. The maximum Gasteiger partial charge on any atom is 0.203 e. The monoisotopic (exact) mass is 403 g/mol. The highest BCUT2D eigenvalue weighted by molar-refractivity contribution is 6.32. The Morgan fingerprint density at radius 3 is 2.34 bits per heavy atom. The van der Waals surface area contributed by atoms with Gasteiger partial charge >= 0.3 is 0 Å². The van der Waals surface area contributed by atoms with Crippen LogP contribution in [0.5, 0.6) is 11.5 Å². The summed E-state index contributed by atoms with van der Waals surface area (Å²) in [4.78, 5) is 12.6. The van der Waals surface area contributed by atoms with E-state index >= 15 is 0 Å². The topological polar surface area (TPSA) is 59.3 Å². The summed E-state index contributed by atoms with van der Waals surface area (Å²) in [5, 5.41) is 9.78. The zero-order valence-electron chi connectivity index (χ0n) is 15.8. The fourth-order valence-corrected chi connectivity index (χ4v) is 3.03.